The molecule has 5 heteroatoms. The highest BCUT2D eigenvalue weighted by molar-refractivity contribution is 5.90. The third-order valence-corrected chi connectivity index (χ3v) is 4.55. The van der Waals surface area contributed by atoms with Gasteiger partial charge in [0.15, 0.2) is 0 Å². The highest BCUT2D eigenvalue weighted by atomic mass is 16.2. The third-order valence-electron chi connectivity index (χ3n) is 4.55. The van der Waals surface area contributed by atoms with Crippen molar-refractivity contribution < 1.29 is 4.79 Å². The summed E-state index contributed by atoms with van der Waals surface area (Å²) in [5, 5.41) is 11.9. The minimum Gasteiger partial charge on any atom is -0.368 e. The number of hydrogen-bond acceptors (Lipinski definition) is 3. The standard InChI is InChI=1S/C20H22N4O/c1-15-3-8-19(16(2)13-15)22-20(25)24-11-9-23(10-12-24)18-6-4-17(14-21)5-7-18/h3-8,13H,9-12H2,1-2H3,(H,22,25). The van der Waals surface area contributed by atoms with Crippen LogP contribution in [0.3, 0.4) is 0 Å². The maximum absolute atomic E-state index is 12.5. The Morgan fingerprint density at radius 2 is 1.72 bits per heavy atom. The van der Waals surface area contributed by atoms with Crippen LogP contribution in [0.1, 0.15) is 16.7 Å². The molecular formula is C20H22N4O. The van der Waals surface area contributed by atoms with Crippen LogP contribution < -0.4 is 10.2 Å². The Labute approximate surface area is 148 Å². The van der Waals surface area contributed by atoms with Crippen molar-refractivity contribution >= 4 is 17.4 Å². The molecule has 0 atom stereocenters. The lowest BCUT2D eigenvalue weighted by Crippen LogP contribution is -2.50. The van der Waals surface area contributed by atoms with Crippen LogP contribution in [0.5, 0.6) is 0 Å². The molecule has 2 aromatic carbocycles. The Hall–Kier alpha value is -3.00. The fourth-order valence-electron chi connectivity index (χ4n) is 3.06. The van der Waals surface area contributed by atoms with Crippen molar-refractivity contribution in [3.8, 4) is 6.07 Å². The van der Waals surface area contributed by atoms with Crippen LogP contribution in [-0.4, -0.2) is 37.1 Å². The number of amides is 2. The normalized spacial score (nSPS) is 14.1. The number of anilines is 2. The molecule has 0 aliphatic carbocycles. The van der Waals surface area contributed by atoms with Gasteiger partial charge in [-0.3, -0.25) is 0 Å². The van der Waals surface area contributed by atoms with Crippen LogP contribution >= 0.6 is 0 Å². The highest BCUT2D eigenvalue weighted by Gasteiger charge is 2.21. The SMILES string of the molecule is Cc1ccc(NC(=O)N2CCN(c3ccc(C#N)cc3)CC2)c(C)c1. The molecule has 1 heterocycles. The van der Waals surface area contributed by atoms with Crippen molar-refractivity contribution in [2.75, 3.05) is 36.4 Å². The van der Waals surface area contributed by atoms with E-state index in [0.717, 1.165) is 30.0 Å². The number of hydrogen-bond donors (Lipinski definition) is 1. The Morgan fingerprint density at radius 3 is 2.32 bits per heavy atom. The number of urea groups is 1. The van der Waals surface area contributed by atoms with E-state index < -0.39 is 0 Å². The second kappa shape index (κ2) is 7.27. The molecule has 1 saturated heterocycles. The monoisotopic (exact) mass is 334 g/mol. The molecule has 1 aliphatic rings. The van der Waals surface area contributed by atoms with E-state index in [2.05, 4.69) is 22.4 Å². The van der Waals surface area contributed by atoms with E-state index in [-0.39, 0.29) is 6.03 Å². The summed E-state index contributed by atoms with van der Waals surface area (Å²) in [6, 6.07) is 15.7. The summed E-state index contributed by atoms with van der Waals surface area (Å²) < 4.78 is 0. The van der Waals surface area contributed by atoms with E-state index >= 15 is 0 Å². The molecule has 5 nitrogen and oxygen atoms in total. The van der Waals surface area contributed by atoms with Gasteiger partial charge < -0.3 is 15.1 Å². The molecule has 0 radical (unpaired) electrons. The summed E-state index contributed by atoms with van der Waals surface area (Å²) in [6.07, 6.45) is 0. The largest absolute Gasteiger partial charge is 0.368 e. The quantitative estimate of drug-likeness (QED) is 0.914. The van der Waals surface area contributed by atoms with Crippen LogP contribution in [0.4, 0.5) is 16.2 Å². The van der Waals surface area contributed by atoms with Crippen LogP contribution in [0, 0.1) is 25.2 Å². The van der Waals surface area contributed by atoms with E-state index in [9.17, 15) is 4.79 Å². The number of nitrogens with zero attached hydrogens (tertiary/aromatic N) is 3. The lowest BCUT2D eigenvalue weighted by molar-refractivity contribution is 0.208. The molecular weight excluding hydrogens is 312 g/mol. The van der Waals surface area contributed by atoms with Crippen molar-refractivity contribution in [1.29, 1.82) is 5.26 Å². The number of carbonyl (C=O) groups is 1. The molecule has 25 heavy (non-hydrogen) atoms. The van der Waals surface area contributed by atoms with Gasteiger partial charge in [0.2, 0.25) is 0 Å². The first-order chi connectivity index (χ1) is 12.1. The van der Waals surface area contributed by atoms with E-state index in [4.69, 9.17) is 5.26 Å². The van der Waals surface area contributed by atoms with Crippen molar-refractivity contribution in [2.45, 2.75) is 13.8 Å². The minimum atomic E-state index is -0.0496. The Morgan fingerprint density at radius 1 is 1.04 bits per heavy atom. The number of rotatable bonds is 2. The number of aryl methyl sites for hydroxylation is 2. The van der Waals surface area contributed by atoms with Gasteiger partial charge >= 0.3 is 6.03 Å². The smallest absolute Gasteiger partial charge is 0.321 e. The van der Waals surface area contributed by atoms with Gasteiger partial charge in [-0.05, 0) is 49.7 Å². The van der Waals surface area contributed by atoms with E-state index in [1.54, 1.807) is 0 Å². The summed E-state index contributed by atoms with van der Waals surface area (Å²) in [5.74, 6) is 0. The van der Waals surface area contributed by atoms with Crippen molar-refractivity contribution in [2.24, 2.45) is 0 Å². The minimum absolute atomic E-state index is 0.0496. The number of carbonyl (C=O) groups excluding carboxylic acids is 1. The number of nitriles is 1. The molecule has 2 aromatic rings. The Kier molecular flexibility index (Phi) is 4.90. The average molecular weight is 334 g/mol. The summed E-state index contributed by atoms with van der Waals surface area (Å²) in [7, 11) is 0. The molecule has 0 saturated carbocycles. The zero-order chi connectivity index (χ0) is 17.8. The second-order valence-electron chi connectivity index (χ2n) is 6.38. The maximum atomic E-state index is 12.5. The molecule has 0 aromatic heterocycles. The lowest BCUT2D eigenvalue weighted by Gasteiger charge is -2.36. The van der Waals surface area contributed by atoms with Gasteiger partial charge in [-0.1, -0.05) is 17.7 Å². The first-order valence-corrected chi connectivity index (χ1v) is 8.45. The summed E-state index contributed by atoms with van der Waals surface area (Å²) >= 11 is 0. The molecule has 1 fully saturated rings. The molecule has 2 amide bonds. The molecule has 128 valence electrons. The van der Waals surface area contributed by atoms with Gasteiger partial charge in [-0.25, -0.2) is 4.79 Å². The maximum Gasteiger partial charge on any atom is 0.321 e. The number of piperazine rings is 1. The topological polar surface area (TPSA) is 59.4 Å². The fraction of sp³-hybridized carbons (Fsp3) is 0.300. The third kappa shape index (κ3) is 3.92. The van der Waals surface area contributed by atoms with Gasteiger partial charge in [0.25, 0.3) is 0 Å². The summed E-state index contributed by atoms with van der Waals surface area (Å²) in [6.45, 7) is 6.97. The Balaban J connectivity index is 1.57. The summed E-state index contributed by atoms with van der Waals surface area (Å²) in [4.78, 5) is 16.6. The fourth-order valence-corrected chi connectivity index (χ4v) is 3.06. The number of nitrogens with one attached hydrogen (secondary N) is 1. The first kappa shape index (κ1) is 16.8. The van der Waals surface area contributed by atoms with Gasteiger partial charge in [-0.2, -0.15) is 5.26 Å². The van der Waals surface area contributed by atoms with E-state index in [0.29, 0.717) is 18.7 Å². The Bertz CT molecular complexity index is 799. The van der Waals surface area contributed by atoms with Crippen LogP contribution in [-0.2, 0) is 0 Å². The molecule has 1 N–H and O–H groups in total. The summed E-state index contributed by atoms with van der Waals surface area (Å²) in [5.41, 5.74) is 4.88. The van der Waals surface area contributed by atoms with Crippen LogP contribution in [0.25, 0.3) is 0 Å². The molecule has 0 bridgehead atoms. The van der Waals surface area contributed by atoms with E-state index in [1.165, 1.54) is 5.56 Å². The van der Waals surface area contributed by atoms with E-state index in [1.807, 2.05) is 55.1 Å². The molecule has 0 unspecified atom stereocenters. The van der Waals surface area contributed by atoms with Gasteiger partial charge in [0, 0.05) is 37.6 Å². The van der Waals surface area contributed by atoms with Crippen LogP contribution in [0.15, 0.2) is 42.5 Å². The average Bonchev–Trinajstić information content (AvgIpc) is 2.64. The van der Waals surface area contributed by atoms with Crippen LogP contribution in [0.2, 0.25) is 0 Å². The first-order valence-electron chi connectivity index (χ1n) is 8.45. The van der Waals surface area contributed by atoms with Crippen molar-refractivity contribution in [3.05, 3.63) is 59.2 Å². The predicted octanol–water partition coefficient (Wildman–Crippen LogP) is 3.53. The van der Waals surface area contributed by atoms with Gasteiger partial charge in [0.1, 0.15) is 0 Å². The second-order valence-corrected chi connectivity index (χ2v) is 6.38. The van der Waals surface area contributed by atoms with Crippen molar-refractivity contribution in [3.63, 3.8) is 0 Å². The van der Waals surface area contributed by atoms with Crippen molar-refractivity contribution in [1.82, 2.24) is 4.90 Å². The molecule has 1 aliphatic heterocycles. The highest BCUT2D eigenvalue weighted by Crippen LogP contribution is 2.19. The van der Waals surface area contributed by atoms with Gasteiger partial charge in [-0.15, -0.1) is 0 Å². The predicted molar refractivity (Wildman–Crippen MR) is 99.9 cm³/mol. The zero-order valence-electron chi connectivity index (χ0n) is 14.6. The van der Waals surface area contributed by atoms with Gasteiger partial charge in [0.05, 0.1) is 11.6 Å². The lowest BCUT2D eigenvalue weighted by atomic mass is 10.1. The molecule has 0 spiro atoms. The number of benzene rings is 2. The molecule has 3 rings (SSSR count). The zero-order valence-corrected chi connectivity index (χ0v) is 14.6.